The molecule has 1 saturated heterocycles. The Bertz CT molecular complexity index is 947. The van der Waals surface area contributed by atoms with Gasteiger partial charge in [-0.15, -0.1) is 0 Å². The third kappa shape index (κ3) is 5.23. The van der Waals surface area contributed by atoms with Gasteiger partial charge >= 0.3 is 17.6 Å². The van der Waals surface area contributed by atoms with Gasteiger partial charge in [-0.1, -0.05) is 6.08 Å². The zero-order valence-corrected chi connectivity index (χ0v) is 16.9. The first-order valence-corrected chi connectivity index (χ1v) is 10.00. The van der Waals surface area contributed by atoms with Gasteiger partial charge in [0.05, 0.1) is 21.6 Å². The van der Waals surface area contributed by atoms with Crippen LogP contribution in [0.15, 0.2) is 34.2 Å². The maximum absolute atomic E-state index is 13.3. The predicted molar refractivity (Wildman–Crippen MR) is 103 cm³/mol. The van der Waals surface area contributed by atoms with Crippen LogP contribution < -0.4 is 5.32 Å². The quantitative estimate of drug-likeness (QED) is 0.629. The summed E-state index contributed by atoms with van der Waals surface area (Å²) < 4.78 is 78.5. The van der Waals surface area contributed by atoms with Crippen LogP contribution in [0.2, 0.25) is 0 Å². The van der Waals surface area contributed by atoms with Crippen LogP contribution in [0.4, 0.5) is 31.1 Å². The van der Waals surface area contributed by atoms with Crippen LogP contribution in [-0.2, 0) is 12.4 Å². The molecule has 5 nitrogen and oxygen atoms in total. The van der Waals surface area contributed by atoms with Gasteiger partial charge in [0.2, 0.25) is 0 Å². The average molecular weight is 465 g/mol. The van der Waals surface area contributed by atoms with E-state index in [-0.39, 0.29) is 30.3 Å². The summed E-state index contributed by atoms with van der Waals surface area (Å²) in [7, 11) is 1.62. The highest BCUT2D eigenvalue weighted by Crippen LogP contribution is 2.38. The van der Waals surface area contributed by atoms with E-state index in [4.69, 9.17) is 0 Å². The van der Waals surface area contributed by atoms with Crippen molar-refractivity contribution in [1.29, 1.82) is 0 Å². The normalized spacial score (nSPS) is 19.7. The third-order valence-corrected chi connectivity index (χ3v) is 5.78. The molecular formula is C19H17F6N3O2S. The monoisotopic (exact) mass is 465 g/mol. The number of rotatable bonds is 2. The van der Waals surface area contributed by atoms with Gasteiger partial charge in [-0.2, -0.15) is 31.3 Å². The molecule has 12 heteroatoms. The van der Waals surface area contributed by atoms with E-state index in [9.17, 15) is 35.9 Å². The van der Waals surface area contributed by atoms with Crippen LogP contribution in [0.5, 0.6) is 0 Å². The number of thioether (sulfide) groups is 1. The Balaban J connectivity index is 1.75. The van der Waals surface area contributed by atoms with Crippen molar-refractivity contribution in [2.24, 2.45) is 10.9 Å². The van der Waals surface area contributed by atoms with Crippen molar-refractivity contribution in [2.45, 2.75) is 25.2 Å². The van der Waals surface area contributed by atoms with Gasteiger partial charge in [0, 0.05) is 20.1 Å². The molecule has 0 unspecified atom stereocenters. The minimum absolute atomic E-state index is 0.0225. The number of halogens is 6. The number of carbonyl (C=O) groups excluding carboxylic acids is 2. The van der Waals surface area contributed by atoms with Gasteiger partial charge in [-0.25, -0.2) is 0 Å². The highest BCUT2D eigenvalue weighted by atomic mass is 32.2. The molecule has 2 amide bonds. The van der Waals surface area contributed by atoms with E-state index in [1.54, 1.807) is 7.05 Å². The van der Waals surface area contributed by atoms with Crippen molar-refractivity contribution < 1.29 is 35.9 Å². The first-order chi connectivity index (χ1) is 14.4. The Morgan fingerprint density at radius 2 is 1.81 bits per heavy atom. The number of amidine groups is 1. The Morgan fingerprint density at radius 1 is 1.16 bits per heavy atom. The minimum Gasteiger partial charge on any atom is -0.372 e. The number of benzene rings is 1. The second-order valence-corrected chi connectivity index (χ2v) is 7.99. The second-order valence-electron chi connectivity index (χ2n) is 6.99. The SMILES string of the molecule is CNC1=NC(=O)S/C1=C\C1CCN(C(=O)c2ccc(C(F)(F)F)cc2C(F)(F)F)CC1. The van der Waals surface area contributed by atoms with Crippen LogP contribution in [0.1, 0.15) is 34.3 Å². The molecule has 1 aromatic carbocycles. The van der Waals surface area contributed by atoms with E-state index in [1.165, 1.54) is 4.90 Å². The molecule has 2 aliphatic rings. The molecule has 1 N–H and O–H groups in total. The molecule has 0 spiro atoms. The van der Waals surface area contributed by atoms with E-state index in [2.05, 4.69) is 10.3 Å². The number of nitrogens with zero attached hydrogens (tertiary/aromatic N) is 2. The number of allylic oxidation sites excluding steroid dienone is 1. The van der Waals surface area contributed by atoms with Crippen molar-refractivity contribution in [3.05, 3.63) is 45.9 Å². The average Bonchev–Trinajstić information content (AvgIpc) is 3.05. The fourth-order valence-corrected chi connectivity index (χ4v) is 4.23. The topological polar surface area (TPSA) is 61.8 Å². The summed E-state index contributed by atoms with van der Waals surface area (Å²) in [6.45, 7) is 0.270. The molecule has 0 atom stereocenters. The summed E-state index contributed by atoms with van der Waals surface area (Å²) in [5.41, 5.74) is -3.88. The van der Waals surface area contributed by atoms with Crippen molar-refractivity contribution in [3.8, 4) is 0 Å². The summed E-state index contributed by atoms with van der Waals surface area (Å²) in [6.07, 6.45) is -7.36. The number of aliphatic imine (C=N–C) groups is 1. The van der Waals surface area contributed by atoms with Crippen molar-refractivity contribution >= 4 is 28.7 Å². The van der Waals surface area contributed by atoms with E-state index < -0.39 is 35.0 Å². The lowest BCUT2D eigenvalue weighted by Gasteiger charge is -2.31. The molecule has 1 aromatic rings. The standard InChI is InChI=1S/C19H17F6N3O2S/c1-26-15-14(31-17(30)27-15)8-10-4-6-28(7-5-10)16(29)12-3-2-11(18(20,21)22)9-13(12)19(23,24)25/h2-3,8-10H,4-7H2,1H3,(H,26,27,30)/b14-8-. The molecular weight excluding hydrogens is 448 g/mol. The smallest absolute Gasteiger partial charge is 0.372 e. The van der Waals surface area contributed by atoms with E-state index in [1.807, 2.05) is 6.08 Å². The number of hydrogen-bond donors (Lipinski definition) is 1. The minimum atomic E-state index is -5.11. The Kier molecular flexibility index (Phi) is 6.40. The first-order valence-electron chi connectivity index (χ1n) is 9.18. The lowest BCUT2D eigenvalue weighted by molar-refractivity contribution is -0.143. The van der Waals surface area contributed by atoms with Gasteiger partial charge in [-0.05, 0) is 48.7 Å². The van der Waals surface area contributed by atoms with Crippen LogP contribution >= 0.6 is 11.8 Å². The molecule has 2 heterocycles. The fraction of sp³-hybridized carbons (Fsp3) is 0.421. The number of carbonyl (C=O) groups is 2. The molecule has 31 heavy (non-hydrogen) atoms. The Labute approximate surface area is 177 Å². The van der Waals surface area contributed by atoms with Gasteiger partial charge < -0.3 is 10.2 Å². The van der Waals surface area contributed by atoms with Crippen LogP contribution in [-0.4, -0.2) is 42.0 Å². The number of likely N-dealkylation sites (tertiary alicyclic amines) is 1. The summed E-state index contributed by atoms with van der Waals surface area (Å²) in [6, 6.07) is 1.03. The highest BCUT2D eigenvalue weighted by Gasteiger charge is 2.40. The maximum atomic E-state index is 13.3. The summed E-state index contributed by atoms with van der Waals surface area (Å²) >= 11 is 0.962. The number of amides is 2. The molecule has 0 radical (unpaired) electrons. The van der Waals surface area contributed by atoms with Gasteiger partial charge in [-0.3, -0.25) is 9.59 Å². The van der Waals surface area contributed by atoms with Crippen molar-refractivity contribution in [3.63, 3.8) is 0 Å². The van der Waals surface area contributed by atoms with Crippen molar-refractivity contribution in [2.75, 3.05) is 20.1 Å². The Hall–Kier alpha value is -2.50. The molecule has 0 aromatic heterocycles. The van der Waals surface area contributed by atoms with Gasteiger partial charge in [0.1, 0.15) is 5.84 Å². The highest BCUT2D eigenvalue weighted by molar-refractivity contribution is 8.18. The first kappa shape index (κ1) is 23.2. The molecule has 0 aliphatic carbocycles. The largest absolute Gasteiger partial charge is 0.417 e. The molecule has 1 fully saturated rings. The van der Waals surface area contributed by atoms with Crippen molar-refractivity contribution in [1.82, 2.24) is 10.2 Å². The van der Waals surface area contributed by atoms with E-state index in [0.29, 0.717) is 35.7 Å². The number of nitrogens with one attached hydrogen (secondary N) is 1. The zero-order valence-electron chi connectivity index (χ0n) is 16.1. The number of hydrogen-bond acceptors (Lipinski definition) is 4. The summed E-state index contributed by atoms with van der Waals surface area (Å²) in [4.78, 5) is 29.8. The Morgan fingerprint density at radius 3 is 2.35 bits per heavy atom. The summed E-state index contributed by atoms with van der Waals surface area (Å²) in [5.74, 6) is -0.547. The molecule has 168 valence electrons. The number of alkyl halides is 6. The van der Waals surface area contributed by atoms with E-state index in [0.717, 1.165) is 11.8 Å². The van der Waals surface area contributed by atoms with E-state index >= 15 is 0 Å². The predicted octanol–water partition coefficient (Wildman–Crippen LogP) is 4.95. The second kappa shape index (κ2) is 8.56. The molecule has 0 saturated carbocycles. The maximum Gasteiger partial charge on any atom is 0.417 e. The molecule has 0 bridgehead atoms. The zero-order chi connectivity index (χ0) is 23.0. The lowest BCUT2D eigenvalue weighted by atomic mass is 9.94. The third-order valence-electron chi connectivity index (χ3n) is 4.97. The van der Waals surface area contributed by atoms with Gasteiger partial charge in [0.15, 0.2) is 0 Å². The van der Waals surface area contributed by atoms with Gasteiger partial charge in [0.25, 0.3) is 5.91 Å². The lowest BCUT2D eigenvalue weighted by Crippen LogP contribution is -2.39. The van der Waals surface area contributed by atoms with Crippen LogP contribution in [0, 0.1) is 5.92 Å². The molecule has 2 aliphatic heterocycles. The van der Waals surface area contributed by atoms with Crippen LogP contribution in [0.3, 0.4) is 0 Å². The number of likely N-dealkylation sites (N-methyl/N-ethyl adjacent to an activating group) is 1. The molecule has 3 rings (SSSR count). The van der Waals surface area contributed by atoms with Crippen LogP contribution in [0.25, 0.3) is 0 Å². The fourth-order valence-electron chi connectivity index (χ4n) is 3.40. The summed E-state index contributed by atoms with van der Waals surface area (Å²) in [5, 5.41) is 2.45. The number of piperidine rings is 1.